The van der Waals surface area contributed by atoms with Crippen molar-refractivity contribution in [1.82, 2.24) is 9.97 Å². The zero-order valence-electron chi connectivity index (χ0n) is 10.9. The summed E-state index contributed by atoms with van der Waals surface area (Å²) in [4.78, 5) is 11.0. The minimum atomic E-state index is 0.441. The summed E-state index contributed by atoms with van der Waals surface area (Å²) in [6.07, 6.45) is 4.72. The van der Waals surface area contributed by atoms with Gasteiger partial charge in [0.2, 0.25) is 0 Å². The highest BCUT2D eigenvalue weighted by molar-refractivity contribution is 5.40. The minimum absolute atomic E-state index is 0.441. The molecule has 1 aromatic heterocycles. The Kier molecular flexibility index (Phi) is 3.42. The van der Waals surface area contributed by atoms with Crippen molar-refractivity contribution >= 4 is 5.82 Å². The molecule has 4 nitrogen and oxygen atoms in total. The van der Waals surface area contributed by atoms with Crippen molar-refractivity contribution in [3.63, 3.8) is 0 Å². The molecule has 2 N–H and O–H groups in total. The van der Waals surface area contributed by atoms with Crippen LogP contribution in [0.15, 0.2) is 42.7 Å². The van der Waals surface area contributed by atoms with Gasteiger partial charge in [0.25, 0.3) is 0 Å². The molecule has 1 aliphatic heterocycles. The number of nitrogens with two attached hydrogens (primary N) is 1. The van der Waals surface area contributed by atoms with Gasteiger partial charge in [0, 0.05) is 31.7 Å². The monoisotopic (exact) mass is 254 g/mol. The highest BCUT2D eigenvalue weighted by Crippen LogP contribution is 2.29. The maximum absolute atomic E-state index is 5.61. The van der Waals surface area contributed by atoms with Gasteiger partial charge in [-0.1, -0.05) is 30.3 Å². The molecule has 0 amide bonds. The molecule has 1 unspecified atom stereocenters. The van der Waals surface area contributed by atoms with Crippen molar-refractivity contribution in [3.05, 3.63) is 54.0 Å². The van der Waals surface area contributed by atoms with Gasteiger partial charge in [0.1, 0.15) is 5.82 Å². The van der Waals surface area contributed by atoms with E-state index in [1.54, 1.807) is 6.20 Å². The van der Waals surface area contributed by atoms with E-state index in [0.717, 1.165) is 24.6 Å². The normalized spacial score (nSPS) is 18.8. The second kappa shape index (κ2) is 5.36. The summed E-state index contributed by atoms with van der Waals surface area (Å²) in [5.41, 5.74) is 7.87. The summed E-state index contributed by atoms with van der Waals surface area (Å²) < 4.78 is 0. The topological polar surface area (TPSA) is 55.0 Å². The van der Waals surface area contributed by atoms with Gasteiger partial charge in [0.15, 0.2) is 0 Å². The van der Waals surface area contributed by atoms with E-state index in [1.165, 1.54) is 12.0 Å². The van der Waals surface area contributed by atoms with Crippen LogP contribution in [-0.4, -0.2) is 23.1 Å². The van der Waals surface area contributed by atoms with Crippen molar-refractivity contribution in [2.75, 3.05) is 18.0 Å². The maximum atomic E-state index is 5.61. The van der Waals surface area contributed by atoms with Crippen molar-refractivity contribution in [1.29, 1.82) is 0 Å². The van der Waals surface area contributed by atoms with Crippen LogP contribution in [0.1, 0.15) is 23.6 Å². The molecule has 0 bridgehead atoms. The summed E-state index contributed by atoms with van der Waals surface area (Å²) >= 11 is 0. The highest BCUT2D eigenvalue weighted by atomic mass is 15.2. The van der Waals surface area contributed by atoms with Gasteiger partial charge in [-0.3, -0.25) is 4.98 Å². The Morgan fingerprint density at radius 2 is 2.05 bits per heavy atom. The highest BCUT2D eigenvalue weighted by Gasteiger charge is 2.24. The fourth-order valence-corrected chi connectivity index (χ4v) is 2.61. The number of benzene rings is 1. The van der Waals surface area contributed by atoms with E-state index in [9.17, 15) is 0 Å². The Hall–Kier alpha value is -1.94. The Morgan fingerprint density at radius 1 is 1.21 bits per heavy atom. The molecule has 0 spiro atoms. The zero-order valence-corrected chi connectivity index (χ0v) is 10.9. The standard InChI is InChI=1S/C15H18N4/c16-8-14-9-17-10-15(18-14)19-7-6-13(11-19)12-4-2-1-3-5-12/h1-5,9-10,13H,6-8,11,16H2. The van der Waals surface area contributed by atoms with Crippen LogP contribution in [-0.2, 0) is 6.54 Å². The lowest BCUT2D eigenvalue weighted by atomic mass is 9.99. The molecule has 0 aliphatic carbocycles. The summed E-state index contributed by atoms with van der Waals surface area (Å²) in [6.45, 7) is 2.48. The molecule has 1 aromatic carbocycles. The lowest BCUT2D eigenvalue weighted by Crippen LogP contribution is -2.21. The molecule has 0 radical (unpaired) electrons. The summed E-state index contributed by atoms with van der Waals surface area (Å²) in [5.74, 6) is 1.53. The molecule has 1 fully saturated rings. The third kappa shape index (κ3) is 2.58. The van der Waals surface area contributed by atoms with E-state index < -0.39 is 0 Å². The molecule has 19 heavy (non-hydrogen) atoms. The second-order valence-corrected chi connectivity index (χ2v) is 4.92. The molecule has 3 rings (SSSR count). The van der Waals surface area contributed by atoms with Gasteiger partial charge in [0.05, 0.1) is 11.9 Å². The number of aromatic nitrogens is 2. The molecule has 2 heterocycles. The third-order valence-electron chi connectivity index (χ3n) is 3.66. The average Bonchev–Trinajstić information content (AvgIpc) is 2.98. The molecule has 1 saturated heterocycles. The summed E-state index contributed by atoms with van der Waals surface area (Å²) in [6, 6.07) is 10.7. The largest absolute Gasteiger partial charge is 0.355 e. The van der Waals surface area contributed by atoms with Crippen LogP contribution in [0.25, 0.3) is 0 Å². The van der Waals surface area contributed by atoms with E-state index in [4.69, 9.17) is 5.73 Å². The molecule has 98 valence electrons. The predicted molar refractivity (Wildman–Crippen MR) is 75.9 cm³/mol. The molecular weight excluding hydrogens is 236 g/mol. The van der Waals surface area contributed by atoms with Crippen molar-refractivity contribution in [2.45, 2.75) is 18.9 Å². The molecule has 0 saturated carbocycles. The van der Waals surface area contributed by atoms with Crippen molar-refractivity contribution in [2.24, 2.45) is 5.73 Å². The maximum Gasteiger partial charge on any atom is 0.147 e. The van der Waals surface area contributed by atoms with Gasteiger partial charge in [-0.05, 0) is 12.0 Å². The number of hydrogen-bond acceptors (Lipinski definition) is 4. The first-order valence-corrected chi connectivity index (χ1v) is 6.67. The van der Waals surface area contributed by atoms with Crippen LogP contribution in [0.2, 0.25) is 0 Å². The number of hydrogen-bond donors (Lipinski definition) is 1. The van der Waals surface area contributed by atoms with E-state index in [1.807, 2.05) is 6.20 Å². The first-order chi connectivity index (χ1) is 9.36. The quantitative estimate of drug-likeness (QED) is 0.909. The average molecular weight is 254 g/mol. The lowest BCUT2D eigenvalue weighted by molar-refractivity contribution is 0.773. The van der Waals surface area contributed by atoms with Crippen molar-refractivity contribution in [3.8, 4) is 0 Å². The Morgan fingerprint density at radius 3 is 2.84 bits per heavy atom. The Bertz CT molecular complexity index is 541. The lowest BCUT2D eigenvalue weighted by Gasteiger charge is -2.17. The molecule has 2 aromatic rings. The molecule has 1 aliphatic rings. The van der Waals surface area contributed by atoms with Gasteiger partial charge in [-0.25, -0.2) is 4.98 Å². The number of anilines is 1. The van der Waals surface area contributed by atoms with Crippen LogP contribution in [0.5, 0.6) is 0 Å². The van der Waals surface area contributed by atoms with E-state index in [0.29, 0.717) is 12.5 Å². The predicted octanol–water partition coefficient (Wildman–Crippen LogP) is 1.93. The molecule has 1 atom stereocenters. The van der Waals surface area contributed by atoms with Gasteiger partial charge in [-0.2, -0.15) is 0 Å². The van der Waals surface area contributed by atoms with Crippen LogP contribution in [0.4, 0.5) is 5.82 Å². The van der Waals surface area contributed by atoms with Crippen LogP contribution < -0.4 is 10.6 Å². The van der Waals surface area contributed by atoms with E-state index in [-0.39, 0.29) is 0 Å². The number of rotatable bonds is 3. The van der Waals surface area contributed by atoms with Crippen molar-refractivity contribution < 1.29 is 0 Å². The summed E-state index contributed by atoms with van der Waals surface area (Å²) in [7, 11) is 0. The van der Waals surface area contributed by atoms with Gasteiger partial charge >= 0.3 is 0 Å². The molecule has 4 heteroatoms. The fraction of sp³-hybridized carbons (Fsp3) is 0.333. The van der Waals surface area contributed by atoms with Crippen LogP contribution in [0.3, 0.4) is 0 Å². The van der Waals surface area contributed by atoms with Crippen LogP contribution >= 0.6 is 0 Å². The van der Waals surface area contributed by atoms with E-state index in [2.05, 4.69) is 45.2 Å². The third-order valence-corrected chi connectivity index (χ3v) is 3.66. The van der Waals surface area contributed by atoms with Gasteiger partial charge < -0.3 is 10.6 Å². The number of nitrogens with zero attached hydrogens (tertiary/aromatic N) is 3. The molecular formula is C15H18N4. The zero-order chi connectivity index (χ0) is 13.1. The minimum Gasteiger partial charge on any atom is -0.355 e. The second-order valence-electron chi connectivity index (χ2n) is 4.92. The SMILES string of the molecule is NCc1cncc(N2CCC(c3ccccc3)C2)n1. The first-order valence-electron chi connectivity index (χ1n) is 6.67. The summed E-state index contributed by atoms with van der Waals surface area (Å²) in [5, 5.41) is 0. The Balaban J connectivity index is 1.75. The van der Waals surface area contributed by atoms with Gasteiger partial charge in [-0.15, -0.1) is 0 Å². The smallest absolute Gasteiger partial charge is 0.147 e. The first kappa shape index (κ1) is 12.1. The van der Waals surface area contributed by atoms with E-state index >= 15 is 0 Å². The fourth-order valence-electron chi connectivity index (χ4n) is 2.61. The Labute approximate surface area is 113 Å². The van der Waals surface area contributed by atoms with Crippen LogP contribution in [0, 0.1) is 0 Å².